The standard InChI is InChI=1S/C28H32FN3O4S/c1-22-3-7-24(8-4-22)28(33)31(21-23-5-9-25(29)10-6-23)18-15-30-16-19-32(20-17-30)37(34,35)27-13-11-26(36-2)12-14-27/h3-14H,15-21H2,1-2H3. The first kappa shape index (κ1) is 26.8. The lowest BCUT2D eigenvalue weighted by molar-refractivity contribution is 0.0710. The second-order valence-corrected chi connectivity index (χ2v) is 11.1. The van der Waals surface area contributed by atoms with Crippen LogP contribution in [0.5, 0.6) is 5.75 Å². The summed E-state index contributed by atoms with van der Waals surface area (Å²) in [6.45, 7) is 5.29. The molecule has 196 valence electrons. The molecule has 7 nitrogen and oxygen atoms in total. The minimum atomic E-state index is -3.58. The van der Waals surface area contributed by atoms with Crippen molar-refractivity contribution in [1.29, 1.82) is 0 Å². The summed E-state index contributed by atoms with van der Waals surface area (Å²) in [6.07, 6.45) is 0. The number of nitrogens with zero attached hydrogens (tertiary/aromatic N) is 3. The number of rotatable bonds is 9. The summed E-state index contributed by atoms with van der Waals surface area (Å²) >= 11 is 0. The summed E-state index contributed by atoms with van der Waals surface area (Å²) < 4.78 is 46.1. The molecule has 0 saturated carbocycles. The van der Waals surface area contributed by atoms with Crippen molar-refractivity contribution in [3.8, 4) is 5.75 Å². The first-order chi connectivity index (χ1) is 17.8. The van der Waals surface area contributed by atoms with Gasteiger partial charge in [0.05, 0.1) is 12.0 Å². The van der Waals surface area contributed by atoms with Crippen LogP contribution in [0.25, 0.3) is 0 Å². The lowest BCUT2D eigenvalue weighted by atomic mass is 10.1. The molecule has 1 saturated heterocycles. The van der Waals surface area contributed by atoms with E-state index >= 15 is 0 Å². The monoisotopic (exact) mass is 525 g/mol. The number of hydrogen-bond donors (Lipinski definition) is 0. The number of amides is 1. The van der Waals surface area contributed by atoms with E-state index in [-0.39, 0.29) is 16.6 Å². The van der Waals surface area contributed by atoms with E-state index in [1.54, 1.807) is 41.3 Å². The first-order valence-electron chi connectivity index (χ1n) is 12.2. The van der Waals surface area contributed by atoms with Crippen molar-refractivity contribution in [1.82, 2.24) is 14.1 Å². The van der Waals surface area contributed by atoms with Crippen LogP contribution in [-0.2, 0) is 16.6 Å². The fourth-order valence-electron chi connectivity index (χ4n) is 4.29. The second kappa shape index (κ2) is 11.9. The van der Waals surface area contributed by atoms with Crippen molar-refractivity contribution < 1.29 is 22.3 Å². The van der Waals surface area contributed by atoms with Crippen LogP contribution in [0.1, 0.15) is 21.5 Å². The summed E-state index contributed by atoms with van der Waals surface area (Å²) in [6, 6.07) is 20.0. The largest absolute Gasteiger partial charge is 0.497 e. The van der Waals surface area contributed by atoms with E-state index in [1.807, 2.05) is 31.2 Å². The maximum atomic E-state index is 13.4. The van der Waals surface area contributed by atoms with Gasteiger partial charge in [0, 0.05) is 51.4 Å². The quantitative estimate of drug-likeness (QED) is 0.425. The van der Waals surface area contributed by atoms with Crippen LogP contribution in [0.15, 0.2) is 77.7 Å². The molecule has 4 rings (SSSR count). The van der Waals surface area contributed by atoms with E-state index in [0.717, 1.165) is 11.1 Å². The smallest absolute Gasteiger partial charge is 0.254 e. The Balaban J connectivity index is 1.39. The molecule has 0 radical (unpaired) electrons. The summed E-state index contributed by atoms with van der Waals surface area (Å²) in [5, 5.41) is 0. The van der Waals surface area contributed by atoms with Crippen LogP contribution in [0.2, 0.25) is 0 Å². The summed E-state index contributed by atoms with van der Waals surface area (Å²) in [4.78, 5) is 17.5. The van der Waals surface area contributed by atoms with Crippen molar-refractivity contribution in [2.24, 2.45) is 0 Å². The lowest BCUT2D eigenvalue weighted by Crippen LogP contribution is -2.50. The molecule has 0 N–H and O–H groups in total. The molecule has 3 aromatic rings. The first-order valence-corrected chi connectivity index (χ1v) is 13.7. The van der Waals surface area contributed by atoms with Gasteiger partial charge in [0.1, 0.15) is 11.6 Å². The van der Waals surface area contributed by atoms with Gasteiger partial charge in [-0.05, 0) is 61.0 Å². The number of carbonyl (C=O) groups is 1. The molecule has 9 heteroatoms. The van der Waals surface area contributed by atoms with Crippen LogP contribution < -0.4 is 4.74 Å². The topological polar surface area (TPSA) is 70.2 Å². The van der Waals surface area contributed by atoms with Crippen LogP contribution in [0.4, 0.5) is 4.39 Å². The molecule has 0 atom stereocenters. The molecule has 0 bridgehead atoms. The maximum Gasteiger partial charge on any atom is 0.254 e. The Morgan fingerprint density at radius 3 is 2.14 bits per heavy atom. The Bertz CT molecular complexity index is 1290. The zero-order valence-corrected chi connectivity index (χ0v) is 22.0. The van der Waals surface area contributed by atoms with Crippen molar-refractivity contribution >= 4 is 15.9 Å². The number of halogens is 1. The minimum absolute atomic E-state index is 0.0926. The van der Waals surface area contributed by atoms with Gasteiger partial charge in [-0.3, -0.25) is 9.69 Å². The highest BCUT2D eigenvalue weighted by Gasteiger charge is 2.29. The molecular formula is C28H32FN3O4S. The predicted octanol–water partition coefficient (Wildman–Crippen LogP) is 3.79. The maximum absolute atomic E-state index is 13.4. The minimum Gasteiger partial charge on any atom is -0.497 e. The molecule has 37 heavy (non-hydrogen) atoms. The molecule has 1 amide bonds. The van der Waals surface area contributed by atoms with Gasteiger partial charge in [-0.15, -0.1) is 0 Å². The van der Waals surface area contributed by atoms with Gasteiger partial charge in [-0.25, -0.2) is 12.8 Å². The number of piperazine rings is 1. The number of methoxy groups -OCH3 is 1. The summed E-state index contributed by atoms with van der Waals surface area (Å²) in [5.74, 6) is 0.196. The summed E-state index contributed by atoms with van der Waals surface area (Å²) in [7, 11) is -2.04. The Labute approximate surface area is 218 Å². The molecule has 1 aliphatic rings. The van der Waals surface area contributed by atoms with E-state index in [9.17, 15) is 17.6 Å². The van der Waals surface area contributed by atoms with Gasteiger partial charge in [0.25, 0.3) is 5.91 Å². The number of sulfonamides is 1. The highest BCUT2D eigenvalue weighted by molar-refractivity contribution is 7.89. The molecule has 0 unspecified atom stereocenters. The number of ether oxygens (including phenoxy) is 1. The van der Waals surface area contributed by atoms with Gasteiger partial charge in [0.2, 0.25) is 10.0 Å². The molecule has 0 aromatic heterocycles. The molecule has 1 fully saturated rings. The number of hydrogen-bond acceptors (Lipinski definition) is 5. The molecule has 1 aliphatic heterocycles. The van der Waals surface area contributed by atoms with E-state index < -0.39 is 10.0 Å². The van der Waals surface area contributed by atoms with Crippen LogP contribution >= 0.6 is 0 Å². The second-order valence-electron chi connectivity index (χ2n) is 9.14. The van der Waals surface area contributed by atoms with E-state index in [4.69, 9.17) is 4.74 Å². The van der Waals surface area contributed by atoms with Crippen molar-refractivity contribution in [2.45, 2.75) is 18.4 Å². The molecule has 1 heterocycles. The Morgan fingerprint density at radius 2 is 1.54 bits per heavy atom. The number of benzene rings is 3. The van der Waals surface area contributed by atoms with Gasteiger partial charge in [0.15, 0.2) is 0 Å². The van der Waals surface area contributed by atoms with Crippen molar-refractivity contribution in [2.75, 3.05) is 46.4 Å². The molecule has 0 spiro atoms. The highest BCUT2D eigenvalue weighted by atomic mass is 32.2. The van der Waals surface area contributed by atoms with Crippen molar-refractivity contribution in [3.05, 3.63) is 95.3 Å². The third-order valence-electron chi connectivity index (χ3n) is 6.59. The van der Waals surface area contributed by atoms with Crippen LogP contribution in [-0.4, -0.2) is 74.8 Å². The Morgan fingerprint density at radius 1 is 0.919 bits per heavy atom. The Hall–Kier alpha value is -3.27. The van der Waals surface area contributed by atoms with Gasteiger partial charge in [-0.1, -0.05) is 29.8 Å². The van der Waals surface area contributed by atoms with E-state index in [2.05, 4.69) is 4.90 Å². The molecular weight excluding hydrogens is 493 g/mol. The molecule has 3 aromatic carbocycles. The average Bonchev–Trinajstić information content (AvgIpc) is 2.92. The highest BCUT2D eigenvalue weighted by Crippen LogP contribution is 2.21. The number of carbonyl (C=O) groups excluding carboxylic acids is 1. The van der Waals surface area contributed by atoms with E-state index in [1.165, 1.54) is 23.5 Å². The van der Waals surface area contributed by atoms with Crippen LogP contribution in [0.3, 0.4) is 0 Å². The predicted molar refractivity (Wildman–Crippen MR) is 141 cm³/mol. The zero-order chi connectivity index (χ0) is 26.4. The lowest BCUT2D eigenvalue weighted by Gasteiger charge is -2.35. The van der Waals surface area contributed by atoms with Crippen molar-refractivity contribution in [3.63, 3.8) is 0 Å². The fraction of sp³-hybridized carbons (Fsp3) is 0.321. The van der Waals surface area contributed by atoms with Crippen LogP contribution in [0, 0.1) is 12.7 Å². The zero-order valence-electron chi connectivity index (χ0n) is 21.1. The third-order valence-corrected chi connectivity index (χ3v) is 8.50. The normalized spacial score (nSPS) is 14.9. The van der Waals surface area contributed by atoms with E-state index in [0.29, 0.717) is 57.1 Å². The fourth-order valence-corrected chi connectivity index (χ4v) is 5.72. The SMILES string of the molecule is COc1ccc(S(=O)(=O)N2CCN(CCN(Cc3ccc(F)cc3)C(=O)c3ccc(C)cc3)CC2)cc1. The van der Waals surface area contributed by atoms with Gasteiger partial charge < -0.3 is 9.64 Å². The van der Waals surface area contributed by atoms with Gasteiger partial charge in [-0.2, -0.15) is 4.31 Å². The average molecular weight is 526 g/mol. The number of aryl methyl sites for hydroxylation is 1. The Kier molecular flexibility index (Phi) is 8.58. The molecule has 0 aliphatic carbocycles. The summed E-state index contributed by atoms with van der Waals surface area (Å²) in [5.41, 5.74) is 2.52. The third kappa shape index (κ3) is 6.74. The van der Waals surface area contributed by atoms with Gasteiger partial charge >= 0.3 is 0 Å².